The Kier molecular flexibility index (Phi) is 7.04. The van der Waals surface area contributed by atoms with Gasteiger partial charge in [-0.15, -0.1) is 0 Å². The van der Waals surface area contributed by atoms with Crippen LogP contribution >= 0.6 is 0 Å². The van der Waals surface area contributed by atoms with Crippen LogP contribution in [0.3, 0.4) is 0 Å². The molecule has 1 fully saturated rings. The summed E-state index contributed by atoms with van der Waals surface area (Å²) in [6, 6.07) is 8.36. The van der Waals surface area contributed by atoms with E-state index in [1.54, 1.807) is 0 Å². The van der Waals surface area contributed by atoms with Crippen LogP contribution in [0.4, 0.5) is 0 Å². The normalized spacial score (nSPS) is 14.6. The highest BCUT2D eigenvalue weighted by atomic mass is 16.5. The molecule has 0 unspecified atom stereocenters. The zero-order valence-corrected chi connectivity index (χ0v) is 13.6. The van der Waals surface area contributed by atoms with Crippen LogP contribution < -0.4 is 10.1 Å². The summed E-state index contributed by atoms with van der Waals surface area (Å²) in [4.78, 5) is 2.56. The first-order valence-electron chi connectivity index (χ1n) is 8.47. The van der Waals surface area contributed by atoms with E-state index in [-0.39, 0.29) is 0 Å². The highest BCUT2D eigenvalue weighted by molar-refractivity contribution is 5.33. The van der Waals surface area contributed by atoms with Crippen LogP contribution in [0.15, 0.2) is 24.3 Å². The van der Waals surface area contributed by atoms with Crippen molar-refractivity contribution in [2.75, 3.05) is 32.8 Å². The Hall–Kier alpha value is -1.06. The Bertz CT molecular complexity index is 404. The first-order chi connectivity index (χ1) is 10.3. The number of hydrogen-bond acceptors (Lipinski definition) is 3. The fourth-order valence-electron chi connectivity index (χ4n) is 2.61. The molecule has 1 aliphatic rings. The zero-order valence-electron chi connectivity index (χ0n) is 13.6. The Labute approximate surface area is 129 Å². The minimum Gasteiger partial charge on any atom is -0.492 e. The van der Waals surface area contributed by atoms with Crippen LogP contribution in [-0.2, 0) is 6.54 Å². The highest BCUT2D eigenvalue weighted by Crippen LogP contribution is 2.29. The van der Waals surface area contributed by atoms with E-state index in [2.05, 4.69) is 48.3 Å². The van der Waals surface area contributed by atoms with Crippen molar-refractivity contribution in [2.45, 2.75) is 39.7 Å². The van der Waals surface area contributed by atoms with Crippen molar-refractivity contribution in [2.24, 2.45) is 5.92 Å². The van der Waals surface area contributed by atoms with E-state index in [4.69, 9.17) is 4.74 Å². The lowest BCUT2D eigenvalue weighted by molar-refractivity contribution is 0.202. The molecule has 0 aliphatic heterocycles. The highest BCUT2D eigenvalue weighted by Gasteiger charge is 2.23. The molecule has 0 amide bonds. The lowest BCUT2D eigenvalue weighted by atomic mass is 10.2. The monoisotopic (exact) mass is 290 g/mol. The van der Waals surface area contributed by atoms with Crippen molar-refractivity contribution < 1.29 is 4.74 Å². The number of para-hydroxylation sites is 1. The van der Waals surface area contributed by atoms with E-state index < -0.39 is 0 Å². The predicted molar refractivity (Wildman–Crippen MR) is 88.8 cm³/mol. The van der Waals surface area contributed by atoms with Crippen molar-refractivity contribution in [3.05, 3.63) is 29.8 Å². The fourth-order valence-corrected chi connectivity index (χ4v) is 2.61. The Morgan fingerprint density at radius 2 is 2.00 bits per heavy atom. The van der Waals surface area contributed by atoms with Gasteiger partial charge in [0.25, 0.3) is 0 Å². The van der Waals surface area contributed by atoms with Gasteiger partial charge in [0.05, 0.1) is 0 Å². The van der Waals surface area contributed by atoms with Gasteiger partial charge in [-0.05, 0) is 44.3 Å². The Balaban J connectivity index is 1.78. The van der Waals surface area contributed by atoms with Crippen molar-refractivity contribution >= 4 is 0 Å². The average Bonchev–Trinajstić information content (AvgIpc) is 3.30. The summed E-state index contributed by atoms with van der Waals surface area (Å²) in [6.45, 7) is 10.5. The van der Waals surface area contributed by atoms with Gasteiger partial charge in [-0.25, -0.2) is 0 Å². The average molecular weight is 290 g/mol. The van der Waals surface area contributed by atoms with Crippen LogP contribution in [0.1, 0.15) is 38.7 Å². The molecule has 3 nitrogen and oxygen atoms in total. The van der Waals surface area contributed by atoms with E-state index in [1.807, 2.05) is 0 Å². The van der Waals surface area contributed by atoms with Crippen LogP contribution in [0.5, 0.6) is 5.75 Å². The summed E-state index contributed by atoms with van der Waals surface area (Å²) in [7, 11) is 0. The molecule has 0 aromatic heterocycles. The molecular formula is C18H30N2O. The lowest BCUT2D eigenvalue weighted by Gasteiger charge is -2.22. The van der Waals surface area contributed by atoms with Gasteiger partial charge in [-0.3, -0.25) is 4.90 Å². The largest absolute Gasteiger partial charge is 0.492 e. The fraction of sp³-hybridized carbons (Fsp3) is 0.667. The Morgan fingerprint density at radius 3 is 2.71 bits per heavy atom. The lowest BCUT2D eigenvalue weighted by Crippen LogP contribution is -2.31. The molecule has 1 aliphatic carbocycles. The van der Waals surface area contributed by atoms with Gasteiger partial charge in [0.2, 0.25) is 0 Å². The van der Waals surface area contributed by atoms with Crippen LogP contribution in [0.25, 0.3) is 0 Å². The first-order valence-corrected chi connectivity index (χ1v) is 8.47. The van der Waals surface area contributed by atoms with Gasteiger partial charge in [-0.2, -0.15) is 0 Å². The number of nitrogens with zero attached hydrogens (tertiary/aromatic N) is 1. The van der Waals surface area contributed by atoms with Crippen LogP contribution in [0, 0.1) is 5.92 Å². The smallest absolute Gasteiger partial charge is 0.123 e. The van der Waals surface area contributed by atoms with Crippen LogP contribution in [0.2, 0.25) is 0 Å². The van der Waals surface area contributed by atoms with E-state index >= 15 is 0 Å². The predicted octanol–water partition coefficient (Wildman–Crippen LogP) is 3.30. The number of ether oxygens (including phenoxy) is 1. The quantitative estimate of drug-likeness (QED) is 0.677. The second-order valence-electron chi connectivity index (χ2n) is 5.98. The van der Waals surface area contributed by atoms with Gasteiger partial charge in [0.1, 0.15) is 12.4 Å². The standard InChI is InChI=1S/C18H30N2O/c1-3-11-20(15-16-9-10-16)12-13-21-18-8-6-5-7-17(18)14-19-4-2/h5-8,16,19H,3-4,9-15H2,1-2H3. The molecule has 2 rings (SSSR count). The summed E-state index contributed by atoms with van der Waals surface area (Å²) in [5, 5.41) is 3.37. The minimum atomic E-state index is 0.788. The molecule has 0 saturated heterocycles. The maximum absolute atomic E-state index is 6.03. The number of nitrogens with one attached hydrogen (secondary N) is 1. The van der Waals surface area contributed by atoms with E-state index in [9.17, 15) is 0 Å². The van der Waals surface area contributed by atoms with E-state index in [1.165, 1.54) is 37.9 Å². The SMILES string of the molecule is CCCN(CCOc1ccccc1CNCC)CC1CC1. The molecule has 1 aromatic carbocycles. The molecule has 1 aromatic rings. The van der Waals surface area contributed by atoms with Crippen molar-refractivity contribution in [1.29, 1.82) is 0 Å². The second-order valence-corrected chi connectivity index (χ2v) is 5.98. The minimum absolute atomic E-state index is 0.788. The van der Waals surface area contributed by atoms with Crippen molar-refractivity contribution in [3.63, 3.8) is 0 Å². The molecule has 0 bridgehead atoms. The third-order valence-corrected chi connectivity index (χ3v) is 3.96. The van der Waals surface area contributed by atoms with Crippen molar-refractivity contribution in [1.82, 2.24) is 10.2 Å². The van der Waals surface area contributed by atoms with Gasteiger partial charge in [0, 0.05) is 25.2 Å². The molecule has 3 heteroatoms. The van der Waals surface area contributed by atoms with Crippen LogP contribution in [-0.4, -0.2) is 37.7 Å². The zero-order chi connectivity index (χ0) is 14.9. The molecule has 0 spiro atoms. The molecule has 0 radical (unpaired) electrons. The summed E-state index contributed by atoms with van der Waals surface area (Å²) in [6.07, 6.45) is 4.07. The summed E-state index contributed by atoms with van der Waals surface area (Å²) in [5.41, 5.74) is 1.25. The number of rotatable bonds is 11. The molecule has 118 valence electrons. The molecule has 21 heavy (non-hydrogen) atoms. The maximum Gasteiger partial charge on any atom is 0.123 e. The van der Waals surface area contributed by atoms with E-state index in [0.29, 0.717) is 0 Å². The number of benzene rings is 1. The summed E-state index contributed by atoms with van der Waals surface area (Å²) >= 11 is 0. The van der Waals surface area contributed by atoms with E-state index in [0.717, 1.165) is 37.9 Å². The molecular weight excluding hydrogens is 260 g/mol. The first kappa shape index (κ1) is 16.3. The second kappa shape index (κ2) is 9.06. The third-order valence-electron chi connectivity index (χ3n) is 3.96. The van der Waals surface area contributed by atoms with Gasteiger partial charge < -0.3 is 10.1 Å². The van der Waals surface area contributed by atoms with Gasteiger partial charge in [-0.1, -0.05) is 32.0 Å². The Morgan fingerprint density at radius 1 is 1.19 bits per heavy atom. The third kappa shape index (κ3) is 6.06. The maximum atomic E-state index is 6.03. The summed E-state index contributed by atoms with van der Waals surface area (Å²) < 4.78 is 6.03. The molecule has 1 saturated carbocycles. The van der Waals surface area contributed by atoms with Crippen molar-refractivity contribution in [3.8, 4) is 5.75 Å². The molecule has 0 heterocycles. The number of hydrogen-bond donors (Lipinski definition) is 1. The van der Waals surface area contributed by atoms with Gasteiger partial charge >= 0.3 is 0 Å². The van der Waals surface area contributed by atoms with Gasteiger partial charge in [0.15, 0.2) is 0 Å². The topological polar surface area (TPSA) is 24.5 Å². The summed E-state index contributed by atoms with van der Waals surface area (Å²) in [5.74, 6) is 1.99. The molecule has 0 atom stereocenters. The molecule has 1 N–H and O–H groups in total.